The van der Waals surface area contributed by atoms with Gasteiger partial charge in [0.05, 0.1) is 25.9 Å². The fourth-order valence-electron chi connectivity index (χ4n) is 2.75. The molecule has 4 nitrogen and oxygen atoms in total. The minimum Gasteiger partial charge on any atom is -0.394 e. The van der Waals surface area contributed by atoms with Crippen LogP contribution in [0.1, 0.15) is 25.0 Å². The topological polar surface area (TPSA) is 44.7 Å². The van der Waals surface area contributed by atoms with Crippen molar-refractivity contribution in [3.8, 4) is 0 Å². The second kappa shape index (κ2) is 7.78. The number of nitrogens with one attached hydrogen (secondary N) is 1. The minimum absolute atomic E-state index is 0.0605. The van der Waals surface area contributed by atoms with Crippen LogP contribution >= 0.6 is 0 Å². The lowest BCUT2D eigenvalue weighted by molar-refractivity contribution is 0.0726. The Balaban J connectivity index is 2.16. The molecule has 2 rings (SSSR count). The van der Waals surface area contributed by atoms with Gasteiger partial charge >= 0.3 is 0 Å². The summed E-state index contributed by atoms with van der Waals surface area (Å²) in [4.78, 5) is 2.29. The number of morpholine rings is 1. The molecule has 1 unspecified atom stereocenters. The maximum Gasteiger partial charge on any atom is 0.0755 e. The molecule has 1 aromatic rings. The summed E-state index contributed by atoms with van der Waals surface area (Å²) in [6.07, 6.45) is 0. The zero-order valence-electron chi connectivity index (χ0n) is 13.4. The molecule has 118 valence electrons. The Hall–Kier alpha value is -1.10. The molecular weight excluding hydrogens is 264 g/mol. The smallest absolute Gasteiger partial charge is 0.0755 e. The third-order valence-corrected chi connectivity index (χ3v) is 3.85. The standard InChI is InChI=1S/C17H28N2O2/c1-13(2)9-18-10-15-8-14(3)4-5-17(15)19-6-7-21-12-16(19)11-20/h4-5,8,13,16,18,20H,6-7,9-12H2,1-3H3. The van der Waals surface area contributed by atoms with Gasteiger partial charge in [-0.05, 0) is 31.0 Å². The van der Waals surface area contributed by atoms with E-state index in [9.17, 15) is 5.11 Å². The van der Waals surface area contributed by atoms with Crippen LogP contribution in [0.15, 0.2) is 18.2 Å². The second-order valence-corrected chi connectivity index (χ2v) is 6.26. The van der Waals surface area contributed by atoms with Gasteiger partial charge in [-0.1, -0.05) is 31.5 Å². The van der Waals surface area contributed by atoms with Crippen LogP contribution < -0.4 is 10.2 Å². The predicted octanol–water partition coefficient (Wildman–Crippen LogP) is 1.94. The van der Waals surface area contributed by atoms with Crippen molar-refractivity contribution in [2.45, 2.75) is 33.4 Å². The molecule has 0 spiro atoms. The molecule has 1 aliphatic heterocycles. The minimum atomic E-state index is 0.0605. The summed E-state index contributed by atoms with van der Waals surface area (Å²) in [5, 5.41) is 13.1. The first-order valence-corrected chi connectivity index (χ1v) is 7.87. The molecule has 21 heavy (non-hydrogen) atoms. The van der Waals surface area contributed by atoms with Gasteiger partial charge in [0, 0.05) is 18.8 Å². The van der Waals surface area contributed by atoms with E-state index in [0.29, 0.717) is 12.5 Å². The number of ether oxygens (including phenoxy) is 1. The highest BCUT2D eigenvalue weighted by Crippen LogP contribution is 2.25. The number of hydrogen-bond acceptors (Lipinski definition) is 4. The quantitative estimate of drug-likeness (QED) is 0.841. The Morgan fingerprint density at radius 2 is 2.24 bits per heavy atom. The van der Waals surface area contributed by atoms with Crippen LogP contribution in [-0.2, 0) is 11.3 Å². The fraction of sp³-hybridized carbons (Fsp3) is 0.647. The molecule has 0 bridgehead atoms. The van der Waals surface area contributed by atoms with Gasteiger partial charge in [-0.2, -0.15) is 0 Å². The maximum atomic E-state index is 9.58. The molecular formula is C17H28N2O2. The van der Waals surface area contributed by atoms with Crippen LogP contribution in [0.4, 0.5) is 5.69 Å². The largest absolute Gasteiger partial charge is 0.394 e. The first-order valence-electron chi connectivity index (χ1n) is 7.87. The van der Waals surface area contributed by atoms with E-state index in [1.807, 2.05) is 0 Å². The summed E-state index contributed by atoms with van der Waals surface area (Å²) >= 11 is 0. The number of nitrogens with zero attached hydrogens (tertiary/aromatic N) is 1. The molecule has 1 atom stereocenters. The van der Waals surface area contributed by atoms with Crippen molar-refractivity contribution in [3.63, 3.8) is 0 Å². The summed E-state index contributed by atoms with van der Waals surface area (Å²) in [5.74, 6) is 0.645. The lowest BCUT2D eigenvalue weighted by atomic mass is 10.1. The first-order chi connectivity index (χ1) is 10.1. The average molecular weight is 292 g/mol. The van der Waals surface area contributed by atoms with Crippen LogP contribution in [0.25, 0.3) is 0 Å². The van der Waals surface area contributed by atoms with E-state index in [-0.39, 0.29) is 12.6 Å². The second-order valence-electron chi connectivity index (χ2n) is 6.26. The lowest BCUT2D eigenvalue weighted by Gasteiger charge is -2.37. The molecule has 0 radical (unpaired) electrons. The highest BCUT2D eigenvalue weighted by Gasteiger charge is 2.24. The van der Waals surface area contributed by atoms with E-state index < -0.39 is 0 Å². The number of rotatable bonds is 6. The van der Waals surface area contributed by atoms with Gasteiger partial charge in [0.2, 0.25) is 0 Å². The van der Waals surface area contributed by atoms with Crippen molar-refractivity contribution in [2.24, 2.45) is 5.92 Å². The number of aliphatic hydroxyl groups excluding tert-OH is 1. The van der Waals surface area contributed by atoms with Crippen LogP contribution in [0.3, 0.4) is 0 Å². The van der Waals surface area contributed by atoms with E-state index in [1.165, 1.54) is 16.8 Å². The van der Waals surface area contributed by atoms with E-state index in [0.717, 1.165) is 26.2 Å². The Bertz CT molecular complexity index is 448. The summed E-state index contributed by atoms with van der Waals surface area (Å²) in [6, 6.07) is 6.62. The number of aryl methyl sites for hydroxylation is 1. The average Bonchev–Trinajstić information content (AvgIpc) is 2.47. The van der Waals surface area contributed by atoms with Gasteiger partial charge in [0.1, 0.15) is 0 Å². The van der Waals surface area contributed by atoms with Crippen molar-refractivity contribution in [2.75, 3.05) is 37.8 Å². The van der Waals surface area contributed by atoms with E-state index in [2.05, 4.69) is 49.2 Å². The first kappa shape index (κ1) is 16.3. The van der Waals surface area contributed by atoms with Gasteiger partial charge in [-0.3, -0.25) is 0 Å². The molecule has 0 amide bonds. The molecule has 0 saturated carbocycles. The van der Waals surface area contributed by atoms with Crippen molar-refractivity contribution >= 4 is 5.69 Å². The van der Waals surface area contributed by atoms with Gasteiger partial charge in [0.25, 0.3) is 0 Å². The molecule has 1 fully saturated rings. The van der Waals surface area contributed by atoms with Crippen LogP contribution in [0.2, 0.25) is 0 Å². The molecule has 1 aliphatic rings. The van der Waals surface area contributed by atoms with E-state index >= 15 is 0 Å². The highest BCUT2D eigenvalue weighted by molar-refractivity contribution is 5.56. The lowest BCUT2D eigenvalue weighted by Crippen LogP contribution is -2.48. The molecule has 1 aromatic carbocycles. The molecule has 0 aromatic heterocycles. The van der Waals surface area contributed by atoms with Gasteiger partial charge in [-0.15, -0.1) is 0 Å². The van der Waals surface area contributed by atoms with Crippen LogP contribution in [-0.4, -0.2) is 44.1 Å². The molecule has 2 N–H and O–H groups in total. The summed E-state index contributed by atoms with van der Waals surface area (Å²) in [7, 11) is 0. The molecule has 4 heteroatoms. The SMILES string of the molecule is Cc1ccc(N2CCOCC2CO)c(CNCC(C)C)c1. The van der Waals surface area contributed by atoms with E-state index in [1.54, 1.807) is 0 Å². The Labute approximate surface area is 128 Å². The van der Waals surface area contributed by atoms with Gasteiger partial charge in [0.15, 0.2) is 0 Å². The number of aliphatic hydroxyl groups is 1. The highest BCUT2D eigenvalue weighted by atomic mass is 16.5. The normalized spacial score (nSPS) is 19.3. The zero-order valence-corrected chi connectivity index (χ0v) is 13.4. The molecule has 0 aliphatic carbocycles. The number of anilines is 1. The number of benzene rings is 1. The Morgan fingerprint density at radius 3 is 2.95 bits per heavy atom. The van der Waals surface area contributed by atoms with E-state index in [4.69, 9.17) is 4.74 Å². The third kappa shape index (κ3) is 4.43. The Morgan fingerprint density at radius 1 is 1.43 bits per heavy atom. The summed E-state index contributed by atoms with van der Waals surface area (Å²) in [5.41, 5.74) is 3.80. The number of hydrogen-bond donors (Lipinski definition) is 2. The fourth-order valence-corrected chi connectivity index (χ4v) is 2.75. The van der Waals surface area contributed by atoms with Crippen molar-refractivity contribution in [3.05, 3.63) is 29.3 Å². The van der Waals surface area contributed by atoms with Crippen molar-refractivity contribution in [1.82, 2.24) is 5.32 Å². The maximum absolute atomic E-state index is 9.58. The van der Waals surface area contributed by atoms with Crippen molar-refractivity contribution < 1.29 is 9.84 Å². The van der Waals surface area contributed by atoms with Gasteiger partial charge < -0.3 is 20.1 Å². The predicted molar refractivity (Wildman–Crippen MR) is 86.8 cm³/mol. The monoisotopic (exact) mass is 292 g/mol. The molecule has 1 heterocycles. The summed E-state index contributed by atoms with van der Waals surface area (Å²) in [6.45, 7) is 10.7. The summed E-state index contributed by atoms with van der Waals surface area (Å²) < 4.78 is 5.48. The zero-order chi connectivity index (χ0) is 15.2. The molecule has 1 saturated heterocycles. The van der Waals surface area contributed by atoms with Crippen LogP contribution in [0, 0.1) is 12.8 Å². The van der Waals surface area contributed by atoms with Crippen LogP contribution in [0.5, 0.6) is 0 Å². The van der Waals surface area contributed by atoms with Gasteiger partial charge in [-0.25, -0.2) is 0 Å². The third-order valence-electron chi connectivity index (χ3n) is 3.85. The van der Waals surface area contributed by atoms with Crippen molar-refractivity contribution in [1.29, 1.82) is 0 Å². The Kier molecular flexibility index (Phi) is 6.03.